The maximum atomic E-state index is 11.6. The van der Waals surface area contributed by atoms with Gasteiger partial charge in [-0.2, -0.15) is 0 Å². The summed E-state index contributed by atoms with van der Waals surface area (Å²) in [7, 11) is 0. The first kappa shape index (κ1) is 12.0. The number of carbonyl (C=O) groups excluding carboxylic acids is 1. The van der Waals surface area contributed by atoms with Gasteiger partial charge in [0.05, 0.1) is 0 Å². The fourth-order valence-corrected chi connectivity index (χ4v) is 1.62. The summed E-state index contributed by atoms with van der Waals surface area (Å²) in [6, 6.07) is 0. The van der Waals surface area contributed by atoms with Crippen LogP contribution in [-0.4, -0.2) is 30.5 Å². The molecule has 1 aliphatic rings. The molecule has 14 heavy (non-hydrogen) atoms. The van der Waals surface area contributed by atoms with Crippen LogP contribution in [0.25, 0.3) is 0 Å². The quantitative estimate of drug-likeness (QED) is 0.785. The normalized spacial score (nSPS) is 24.3. The van der Waals surface area contributed by atoms with Crippen molar-refractivity contribution in [2.24, 2.45) is 5.92 Å². The Morgan fingerprint density at radius 2 is 2.43 bits per heavy atom. The molecule has 4 heteroatoms. The third-order valence-electron chi connectivity index (χ3n) is 2.36. The third kappa shape index (κ3) is 3.96. The van der Waals surface area contributed by atoms with E-state index in [4.69, 9.17) is 4.74 Å². The molecule has 82 valence electrons. The van der Waals surface area contributed by atoms with E-state index < -0.39 is 0 Å². The number of rotatable bonds is 4. The van der Waals surface area contributed by atoms with Crippen molar-refractivity contribution in [2.75, 3.05) is 18.5 Å². The molecule has 0 aromatic carbocycles. The Kier molecular flexibility index (Phi) is 5.48. The van der Waals surface area contributed by atoms with Gasteiger partial charge in [0.2, 0.25) is 5.91 Å². The summed E-state index contributed by atoms with van der Waals surface area (Å²) < 4.78 is 5.38. The second kappa shape index (κ2) is 6.40. The standard InChI is InChI=1S/C10H18BrNO2/c1-8(6-11)7-12-10(13)9-4-2-3-5-14-9/h8-9H,2-7H2,1H3,(H,12,13). The van der Waals surface area contributed by atoms with Crippen molar-refractivity contribution in [2.45, 2.75) is 32.3 Å². The SMILES string of the molecule is CC(CBr)CNC(=O)C1CCCCO1. The summed E-state index contributed by atoms with van der Waals surface area (Å²) in [6.45, 7) is 3.55. The molecule has 3 nitrogen and oxygen atoms in total. The van der Waals surface area contributed by atoms with Crippen LogP contribution >= 0.6 is 15.9 Å². The number of halogens is 1. The predicted molar refractivity (Wildman–Crippen MR) is 59.6 cm³/mol. The Bertz CT molecular complexity index is 181. The highest BCUT2D eigenvalue weighted by molar-refractivity contribution is 9.09. The van der Waals surface area contributed by atoms with Gasteiger partial charge in [-0.05, 0) is 25.2 Å². The third-order valence-corrected chi connectivity index (χ3v) is 3.47. The number of amides is 1. The summed E-state index contributed by atoms with van der Waals surface area (Å²) in [6.07, 6.45) is 2.86. The summed E-state index contributed by atoms with van der Waals surface area (Å²) >= 11 is 3.38. The van der Waals surface area contributed by atoms with Gasteiger partial charge >= 0.3 is 0 Å². The number of carbonyl (C=O) groups is 1. The average Bonchev–Trinajstić information content (AvgIpc) is 2.26. The maximum Gasteiger partial charge on any atom is 0.249 e. The number of nitrogens with one attached hydrogen (secondary N) is 1. The fraction of sp³-hybridized carbons (Fsp3) is 0.900. The molecule has 2 unspecified atom stereocenters. The number of hydrogen-bond acceptors (Lipinski definition) is 2. The number of hydrogen-bond donors (Lipinski definition) is 1. The first-order valence-corrected chi connectivity index (χ1v) is 6.31. The van der Waals surface area contributed by atoms with Crippen molar-refractivity contribution < 1.29 is 9.53 Å². The molecule has 1 heterocycles. The summed E-state index contributed by atoms with van der Waals surface area (Å²) in [5, 5.41) is 3.82. The minimum atomic E-state index is -0.203. The molecule has 0 aromatic rings. The molecule has 0 bridgehead atoms. The molecule has 1 N–H and O–H groups in total. The van der Waals surface area contributed by atoms with Gasteiger partial charge in [-0.3, -0.25) is 4.79 Å². The Morgan fingerprint density at radius 3 is 3.00 bits per heavy atom. The molecule has 1 saturated heterocycles. The lowest BCUT2D eigenvalue weighted by Gasteiger charge is -2.22. The first-order chi connectivity index (χ1) is 6.74. The molecule has 1 aliphatic heterocycles. The van der Waals surface area contributed by atoms with Crippen LogP contribution in [0.4, 0.5) is 0 Å². The van der Waals surface area contributed by atoms with Crippen molar-refractivity contribution >= 4 is 21.8 Å². The van der Waals surface area contributed by atoms with E-state index >= 15 is 0 Å². The summed E-state index contributed by atoms with van der Waals surface area (Å²) in [4.78, 5) is 11.6. The van der Waals surface area contributed by atoms with Gasteiger partial charge in [0.1, 0.15) is 6.10 Å². The molecule has 0 aliphatic carbocycles. The van der Waals surface area contributed by atoms with Crippen molar-refractivity contribution in [1.29, 1.82) is 0 Å². The van der Waals surface area contributed by atoms with Crippen LogP contribution in [0.5, 0.6) is 0 Å². The van der Waals surface area contributed by atoms with Crippen LogP contribution in [0.15, 0.2) is 0 Å². The summed E-state index contributed by atoms with van der Waals surface area (Å²) in [5.74, 6) is 0.528. The van der Waals surface area contributed by atoms with Crippen LogP contribution in [0.3, 0.4) is 0 Å². The lowest BCUT2D eigenvalue weighted by molar-refractivity contribution is -0.135. The highest BCUT2D eigenvalue weighted by atomic mass is 79.9. The van der Waals surface area contributed by atoms with Crippen LogP contribution in [0.1, 0.15) is 26.2 Å². The van der Waals surface area contributed by atoms with Gasteiger partial charge < -0.3 is 10.1 Å². The molecule has 1 amide bonds. The monoisotopic (exact) mass is 263 g/mol. The summed E-state index contributed by atoms with van der Waals surface area (Å²) in [5.41, 5.74) is 0. The zero-order chi connectivity index (χ0) is 10.4. The van der Waals surface area contributed by atoms with Crippen molar-refractivity contribution in [3.05, 3.63) is 0 Å². The Hall–Kier alpha value is -0.0900. The van der Waals surface area contributed by atoms with E-state index in [1.807, 2.05) is 0 Å². The Morgan fingerprint density at radius 1 is 1.64 bits per heavy atom. The first-order valence-electron chi connectivity index (χ1n) is 5.19. The number of alkyl halides is 1. The van der Waals surface area contributed by atoms with E-state index in [2.05, 4.69) is 28.2 Å². The molecular weight excluding hydrogens is 246 g/mol. The smallest absolute Gasteiger partial charge is 0.249 e. The van der Waals surface area contributed by atoms with Gasteiger partial charge in [-0.15, -0.1) is 0 Å². The average molecular weight is 264 g/mol. The number of ether oxygens (including phenoxy) is 1. The van der Waals surface area contributed by atoms with Gasteiger partial charge in [0, 0.05) is 18.5 Å². The molecule has 2 atom stereocenters. The minimum absolute atomic E-state index is 0.0532. The van der Waals surface area contributed by atoms with E-state index in [9.17, 15) is 4.79 Å². The largest absolute Gasteiger partial charge is 0.368 e. The van der Waals surface area contributed by atoms with E-state index in [1.54, 1.807) is 0 Å². The minimum Gasteiger partial charge on any atom is -0.368 e. The van der Waals surface area contributed by atoms with Gasteiger partial charge in [0.25, 0.3) is 0 Å². The molecule has 0 spiro atoms. The topological polar surface area (TPSA) is 38.3 Å². The predicted octanol–water partition coefficient (Wildman–Crippen LogP) is 1.70. The van der Waals surface area contributed by atoms with Gasteiger partial charge in [-0.1, -0.05) is 22.9 Å². The van der Waals surface area contributed by atoms with Crippen LogP contribution in [-0.2, 0) is 9.53 Å². The van der Waals surface area contributed by atoms with Crippen molar-refractivity contribution in [3.8, 4) is 0 Å². The lowest BCUT2D eigenvalue weighted by atomic mass is 10.1. The van der Waals surface area contributed by atoms with E-state index in [-0.39, 0.29) is 12.0 Å². The molecule has 0 saturated carbocycles. The van der Waals surface area contributed by atoms with Crippen LogP contribution in [0, 0.1) is 5.92 Å². The van der Waals surface area contributed by atoms with E-state index in [1.165, 1.54) is 0 Å². The highest BCUT2D eigenvalue weighted by Gasteiger charge is 2.21. The Balaban J connectivity index is 2.19. The maximum absolute atomic E-state index is 11.6. The van der Waals surface area contributed by atoms with Crippen molar-refractivity contribution in [3.63, 3.8) is 0 Å². The molecule has 1 rings (SSSR count). The second-order valence-corrected chi connectivity index (χ2v) is 4.51. The van der Waals surface area contributed by atoms with E-state index in [0.717, 1.165) is 37.7 Å². The van der Waals surface area contributed by atoms with Gasteiger partial charge in [0.15, 0.2) is 0 Å². The Labute approximate surface area is 93.7 Å². The highest BCUT2D eigenvalue weighted by Crippen LogP contribution is 2.12. The zero-order valence-electron chi connectivity index (χ0n) is 8.59. The zero-order valence-corrected chi connectivity index (χ0v) is 10.2. The molecule has 1 fully saturated rings. The van der Waals surface area contributed by atoms with E-state index in [0.29, 0.717) is 5.92 Å². The molecule has 0 aromatic heterocycles. The van der Waals surface area contributed by atoms with Gasteiger partial charge in [-0.25, -0.2) is 0 Å². The fourth-order valence-electron chi connectivity index (χ4n) is 1.39. The molecule has 0 radical (unpaired) electrons. The van der Waals surface area contributed by atoms with Crippen LogP contribution in [0.2, 0.25) is 0 Å². The lowest BCUT2D eigenvalue weighted by Crippen LogP contribution is -2.40. The van der Waals surface area contributed by atoms with Crippen LogP contribution < -0.4 is 5.32 Å². The molecular formula is C10H18BrNO2. The van der Waals surface area contributed by atoms with Crippen molar-refractivity contribution in [1.82, 2.24) is 5.32 Å². The second-order valence-electron chi connectivity index (χ2n) is 3.86.